The van der Waals surface area contributed by atoms with Crippen molar-refractivity contribution in [1.82, 2.24) is 10.2 Å². The summed E-state index contributed by atoms with van der Waals surface area (Å²) >= 11 is 0. The van der Waals surface area contributed by atoms with Gasteiger partial charge in [-0.05, 0) is 24.6 Å². The highest BCUT2D eigenvalue weighted by molar-refractivity contribution is 5.88. The molecule has 114 valence electrons. The lowest BCUT2D eigenvalue weighted by Crippen LogP contribution is -2.55. The van der Waals surface area contributed by atoms with Crippen LogP contribution in [0.1, 0.15) is 18.9 Å². The summed E-state index contributed by atoms with van der Waals surface area (Å²) in [5.74, 6) is 0.228. The van der Waals surface area contributed by atoms with E-state index in [1.54, 1.807) is 0 Å². The van der Waals surface area contributed by atoms with E-state index in [-0.39, 0.29) is 12.3 Å². The third kappa shape index (κ3) is 4.19. The number of benzene rings is 1. The van der Waals surface area contributed by atoms with E-state index in [2.05, 4.69) is 5.32 Å². The van der Waals surface area contributed by atoms with Crippen LogP contribution in [0.4, 0.5) is 0 Å². The van der Waals surface area contributed by atoms with Gasteiger partial charge in [0.25, 0.3) is 0 Å². The summed E-state index contributed by atoms with van der Waals surface area (Å²) in [6.07, 6.45) is 0.0445. The molecule has 21 heavy (non-hydrogen) atoms. The molecule has 1 atom stereocenters. The third-order valence-electron chi connectivity index (χ3n) is 3.46. The molecule has 2 amide bonds. The summed E-state index contributed by atoms with van der Waals surface area (Å²) in [5, 5.41) is 2.77. The monoisotopic (exact) mass is 291 g/mol. The van der Waals surface area contributed by atoms with Crippen LogP contribution in [0.25, 0.3) is 0 Å². The molecule has 1 fully saturated rings. The van der Waals surface area contributed by atoms with E-state index in [4.69, 9.17) is 10.5 Å². The van der Waals surface area contributed by atoms with Gasteiger partial charge in [-0.2, -0.15) is 0 Å². The predicted molar refractivity (Wildman–Crippen MR) is 78.6 cm³/mol. The first kappa shape index (κ1) is 15.3. The van der Waals surface area contributed by atoms with Gasteiger partial charge in [0.15, 0.2) is 0 Å². The molecule has 0 aromatic heterocycles. The molecular formula is C15H21N3O3. The number of nitrogens with one attached hydrogen (secondary N) is 1. The van der Waals surface area contributed by atoms with Crippen molar-refractivity contribution in [2.75, 3.05) is 19.7 Å². The highest BCUT2D eigenvalue weighted by Gasteiger charge is 2.30. The number of carbonyl (C=O) groups is 2. The fourth-order valence-corrected chi connectivity index (χ4v) is 2.46. The molecule has 1 aliphatic rings. The molecule has 3 N–H and O–H groups in total. The fourth-order valence-electron chi connectivity index (χ4n) is 2.46. The minimum Gasteiger partial charge on any atom is -0.494 e. The van der Waals surface area contributed by atoms with Crippen molar-refractivity contribution < 1.29 is 14.3 Å². The van der Waals surface area contributed by atoms with Crippen molar-refractivity contribution in [3.8, 4) is 5.75 Å². The van der Waals surface area contributed by atoms with Crippen LogP contribution in [0, 0.1) is 0 Å². The number of nitrogens with zero attached hydrogens (tertiary/aromatic N) is 1. The van der Waals surface area contributed by atoms with Gasteiger partial charge in [0.1, 0.15) is 5.75 Å². The van der Waals surface area contributed by atoms with Crippen LogP contribution in [0.5, 0.6) is 5.75 Å². The zero-order chi connectivity index (χ0) is 15.2. The number of primary amides is 1. The van der Waals surface area contributed by atoms with E-state index < -0.39 is 11.9 Å². The van der Waals surface area contributed by atoms with E-state index in [0.29, 0.717) is 26.2 Å². The van der Waals surface area contributed by atoms with E-state index in [0.717, 1.165) is 11.3 Å². The fraction of sp³-hybridized carbons (Fsp3) is 0.467. The Hall–Kier alpha value is -2.08. The lowest BCUT2D eigenvalue weighted by atomic mass is 10.1. The van der Waals surface area contributed by atoms with Crippen LogP contribution in [0.2, 0.25) is 0 Å². The maximum Gasteiger partial charge on any atom is 0.237 e. The summed E-state index contributed by atoms with van der Waals surface area (Å²) in [7, 11) is 0. The molecule has 1 aliphatic heterocycles. The molecule has 1 aromatic rings. The van der Waals surface area contributed by atoms with Gasteiger partial charge in [-0.15, -0.1) is 0 Å². The van der Waals surface area contributed by atoms with Crippen molar-refractivity contribution in [2.24, 2.45) is 5.73 Å². The molecule has 0 radical (unpaired) electrons. The zero-order valence-corrected chi connectivity index (χ0v) is 12.2. The third-order valence-corrected chi connectivity index (χ3v) is 3.46. The number of hydrogen-bond acceptors (Lipinski definition) is 4. The molecule has 6 heteroatoms. The molecule has 0 bridgehead atoms. The first-order valence-corrected chi connectivity index (χ1v) is 7.12. The predicted octanol–water partition coefficient (Wildman–Crippen LogP) is 0.261. The van der Waals surface area contributed by atoms with Crippen molar-refractivity contribution in [1.29, 1.82) is 0 Å². The van der Waals surface area contributed by atoms with Crippen LogP contribution >= 0.6 is 0 Å². The van der Waals surface area contributed by atoms with Gasteiger partial charge in [-0.25, -0.2) is 0 Å². The van der Waals surface area contributed by atoms with Crippen molar-refractivity contribution in [3.63, 3.8) is 0 Å². The van der Waals surface area contributed by atoms with Gasteiger partial charge in [0.2, 0.25) is 11.8 Å². The molecule has 1 saturated heterocycles. The van der Waals surface area contributed by atoms with E-state index >= 15 is 0 Å². The summed E-state index contributed by atoms with van der Waals surface area (Å²) in [6, 6.07) is 7.28. The second-order valence-electron chi connectivity index (χ2n) is 5.02. The maximum absolute atomic E-state index is 11.9. The largest absolute Gasteiger partial charge is 0.494 e. The van der Waals surface area contributed by atoms with Crippen molar-refractivity contribution in [2.45, 2.75) is 25.9 Å². The highest BCUT2D eigenvalue weighted by atomic mass is 16.5. The van der Waals surface area contributed by atoms with E-state index in [1.807, 2.05) is 36.1 Å². The summed E-state index contributed by atoms with van der Waals surface area (Å²) in [5.41, 5.74) is 6.30. The minimum absolute atomic E-state index is 0.0445. The quantitative estimate of drug-likeness (QED) is 0.787. The number of carbonyl (C=O) groups excluding carboxylic acids is 2. The number of piperazine rings is 1. The Kier molecular flexibility index (Phi) is 5.16. The highest BCUT2D eigenvalue weighted by Crippen LogP contribution is 2.17. The standard InChI is InChI=1S/C15H21N3O3/c1-2-21-12-5-3-11(4-6-12)10-18-8-7-17-15(20)13(18)9-14(16)19/h3-6,13H,2,7-10H2,1H3,(H2,16,19)(H,17,20)/t13-/m1/s1. The summed E-state index contributed by atoms with van der Waals surface area (Å²) < 4.78 is 5.40. The Balaban J connectivity index is 2.04. The van der Waals surface area contributed by atoms with Crippen LogP contribution in [-0.2, 0) is 16.1 Å². The number of hydrogen-bond donors (Lipinski definition) is 2. The average molecular weight is 291 g/mol. The van der Waals surface area contributed by atoms with Gasteiger partial charge in [0.05, 0.1) is 19.1 Å². The second-order valence-corrected chi connectivity index (χ2v) is 5.02. The Labute approximate surface area is 124 Å². The molecule has 0 unspecified atom stereocenters. The topological polar surface area (TPSA) is 84.7 Å². The second kappa shape index (κ2) is 7.08. The van der Waals surface area contributed by atoms with Crippen molar-refractivity contribution in [3.05, 3.63) is 29.8 Å². The van der Waals surface area contributed by atoms with Gasteiger partial charge in [-0.1, -0.05) is 12.1 Å². The molecular weight excluding hydrogens is 270 g/mol. The number of ether oxygens (including phenoxy) is 1. The van der Waals surface area contributed by atoms with Crippen LogP contribution in [0.15, 0.2) is 24.3 Å². The SMILES string of the molecule is CCOc1ccc(CN2CCNC(=O)[C@H]2CC(N)=O)cc1. The molecule has 0 aliphatic carbocycles. The molecule has 1 heterocycles. The van der Waals surface area contributed by atoms with Crippen LogP contribution in [-0.4, -0.2) is 42.5 Å². The van der Waals surface area contributed by atoms with E-state index in [9.17, 15) is 9.59 Å². The Morgan fingerprint density at radius 1 is 1.43 bits per heavy atom. The number of nitrogens with two attached hydrogens (primary N) is 1. The Bertz CT molecular complexity index is 501. The van der Waals surface area contributed by atoms with Crippen LogP contribution in [0.3, 0.4) is 0 Å². The lowest BCUT2D eigenvalue weighted by Gasteiger charge is -2.34. The lowest BCUT2D eigenvalue weighted by molar-refractivity contribution is -0.133. The molecule has 0 spiro atoms. The molecule has 2 rings (SSSR count). The maximum atomic E-state index is 11.9. The zero-order valence-electron chi connectivity index (χ0n) is 12.2. The smallest absolute Gasteiger partial charge is 0.237 e. The minimum atomic E-state index is -0.484. The molecule has 1 aromatic carbocycles. The summed E-state index contributed by atoms with van der Waals surface area (Å²) in [4.78, 5) is 25.0. The van der Waals surface area contributed by atoms with Crippen LogP contribution < -0.4 is 15.8 Å². The van der Waals surface area contributed by atoms with Gasteiger partial charge in [0, 0.05) is 19.6 Å². The first-order valence-electron chi connectivity index (χ1n) is 7.12. The normalized spacial score (nSPS) is 19.1. The van der Waals surface area contributed by atoms with Gasteiger partial charge < -0.3 is 15.8 Å². The number of amides is 2. The van der Waals surface area contributed by atoms with E-state index in [1.165, 1.54) is 0 Å². The first-order chi connectivity index (χ1) is 10.1. The van der Waals surface area contributed by atoms with Gasteiger partial charge in [-0.3, -0.25) is 14.5 Å². The summed E-state index contributed by atoms with van der Waals surface area (Å²) in [6.45, 7) is 4.47. The van der Waals surface area contributed by atoms with Crippen molar-refractivity contribution >= 4 is 11.8 Å². The number of rotatable bonds is 6. The Morgan fingerprint density at radius 3 is 2.76 bits per heavy atom. The molecule has 0 saturated carbocycles. The Morgan fingerprint density at radius 2 is 2.14 bits per heavy atom. The van der Waals surface area contributed by atoms with Gasteiger partial charge >= 0.3 is 0 Å². The average Bonchev–Trinajstić information content (AvgIpc) is 2.45. The molecule has 6 nitrogen and oxygen atoms in total.